The van der Waals surface area contributed by atoms with Crippen molar-refractivity contribution < 1.29 is 4.79 Å². The second-order valence-electron chi connectivity index (χ2n) is 7.05. The number of halogens is 1. The Bertz CT molecular complexity index is 699. The normalized spacial score (nSPS) is 12.8. The minimum absolute atomic E-state index is 0.0198. The van der Waals surface area contributed by atoms with Gasteiger partial charge in [-0.3, -0.25) is 4.79 Å². The molecular formula is C20H24INO. The van der Waals surface area contributed by atoms with E-state index < -0.39 is 0 Å². The van der Waals surface area contributed by atoms with Gasteiger partial charge in [-0.15, -0.1) is 0 Å². The number of hydrogen-bond acceptors (Lipinski definition) is 1. The maximum absolute atomic E-state index is 12.5. The summed E-state index contributed by atoms with van der Waals surface area (Å²) in [6, 6.07) is 14.4. The van der Waals surface area contributed by atoms with Crippen LogP contribution >= 0.6 is 22.6 Å². The highest BCUT2D eigenvalue weighted by Crippen LogP contribution is 2.24. The molecule has 122 valence electrons. The van der Waals surface area contributed by atoms with Crippen molar-refractivity contribution in [2.45, 2.75) is 46.1 Å². The standard InChI is InChI=1S/C20H24INO/c1-13-6-11-17(18(21)12-13)19(23)22-14(2)15-7-9-16(10-8-15)20(3,4)5/h6-12,14H,1-5H3,(H,22,23)/t14-/m0/s1. The Labute approximate surface area is 152 Å². The fraction of sp³-hybridized carbons (Fsp3) is 0.350. The Morgan fingerprint density at radius 2 is 1.70 bits per heavy atom. The minimum atomic E-state index is -0.0261. The molecule has 0 aliphatic carbocycles. The summed E-state index contributed by atoms with van der Waals surface area (Å²) in [6.07, 6.45) is 0. The van der Waals surface area contributed by atoms with Gasteiger partial charge >= 0.3 is 0 Å². The third kappa shape index (κ3) is 4.56. The molecule has 2 aromatic carbocycles. The van der Waals surface area contributed by atoms with Crippen LogP contribution < -0.4 is 5.32 Å². The van der Waals surface area contributed by atoms with Crippen LogP contribution in [-0.4, -0.2) is 5.91 Å². The highest BCUT2D eigenvalue weighted by molar-refractivity contribution is 14.1. The molecule has 0 radical (unpaired) electrons. The molecule has 0 aromatic heterocycles. The summed E-state index contributed by atoms with van der Waals surface area (Å²) >= 11 is 2.21. The number of aryl methyl sites for hydroxylation is 1. The smallest absolute Gasteiger partial charge is 0.252 e. The lowest BCUT2D eigenvalue weighted by molar-refractivity contribution is 0.0939. The molecule has 0 saturated carbocycles. The van der Waals surface area contributed by atoms with Crippen molar-refractivity contribution in [2.24, 2.45) is 0 Å². The number of amides is 1. The maximum atomic E-state index is 12.5. The summed E-state index contributed by atoms with van der Waals surface area (Å²) in [7, 11) is 0. The predicted molar refractivity (Wildman–Crippen MR) is 105 cm³/mol. The van der Waals surface area contributed by atoms with E-state index in [9.17, 15) is 4.79 Å². The van der Waals surface area contributed by atoms with Crippen molar-refractivity contribution in [3.63, 3.8) is 0 Å². The number of benzene rings is 2. The van der Waals surface area contributed by atoms with E-state index in [2.05, 4.69) is 72.9 Å². The number of nitrogens with one attached hydrogen (secondary N) is 1. The van der Waals surface area contributed by atoms with Crippen LogP contribution in [-0.2, 0) is 5.41 Å². The molecule has 1 atom stereocenters. The van der Waals surface area contributed by atoms with Crippen molar-refractivity contribution in [3.8, 4) is 0 Å². The molecule has 2 aromatic rings. The molecule has 2 nitrogen and oxygen atoms in total. The van der Waals surface area contributed by atoms with Crippen LogP contribution in [0.15, 0.2) is 42.5 Å². The third-order valence-electron chi connectivity index (χ3n) is 3.99. The first kappa shape index (κ1) is 18.0. The van der Waals surface area contributed by atoms with Gasteiger partial charge in [0.1, 0.15) is 0 Å². The van der Waals surface area contributed by atoms with Gasteiger partial charge in [0.15, 0.2) is 0 Å². The average molecular weight is 421 g/mol. The first-order chi connectivity index (χ1) is 10.7. The van der Waals surface area contributed by atoms with Gasteiger partial charge in [0.05, 0.1) is 11.6 Å². The van der Waals surface area contributed by atoms with E-state index in [-0.39, 0.29) is 17.4 Å². The van der Waals surface area contributed by atoms with E-state index >= 15 is 0 Å². The fourth-order valence-electron chi connectivity index (χ4n) is 2.43. The molecule has 0 unspecified atom stereocenters. The number of hydrogen-bond donors (Lipinski definition) is 1. The molecule has 1 amide bonds. The zero-order valence-corrected chi connectivity index (χ0v) is 16.6. The maximum Gasteiger partial charge on any atom is 0.252 e. The molecule has 0 fully saturated rings. The monoisotopic (exact) mass is 421 g/mol. The van der Waals surface area contributed by atoms with Gasteiger partial charge in [-0.1, -0.05) is 56.7 Å². The van der Waals surface area contributed by atoms with Gasteiger partial charge in [0.25, 0.3) is 5.91 Å². The number of carbonyl (C=O) groups excluding carboxylic acids is 1. The highest BCUT2D eigenvalue weighted by atomic mass is 127. The molecule has 0 spiro atoms. The van der Waals surface area contributed by atoms with E-state index in [4.69, 9.17) is 0 Å². The SMILES string of the molecule is Cc1ccc(C(=O)N[C@@H](C)c2ccc(C(C)(C)C)cc2)c(I)c1. The zero-order chi connectivity index (χ0) is 17.2. The van der Waals surface area contributed by atoms with Gasteiger partial charge in [0.2, 0.25) is 0 Å². The second kappa shape index (κ2) is 7.04. The van der Waals surface area contributed by atoms with E-state index in [0.717, 1.165) is 20.3 Å². The summed E-state index contributed by atoms with van der Waals surface area (Å²) in [5.41, 5.74) is 4.45. The van der Waals surface area contributed by atoms with E-state index in [1.165, 1.54) is 5.56 Å². The molecular weight excluding hydrogens is 397 g/mol. The van der Waals surface area contributed by atoms with Crippen LogP contribution in [0.5, 0.6) is 0 Å². The first-order valence-corrected chi connectivity index (χ1v) is 8.94. The Balaban J connectivity index is 2.12. The Morgan fingerprint density at radius 1 is 1.09 bits per heavy atom. The van der Waals surface area contributed by atoms with E-state index in [1.807, 2.05) is 32.0 Å². The van der Waals surface area contributed by atoms with Crippen molar-refractivity contribution in [1.82, 2.24) is 5.32 Å². The summed E-state index contributed by atoms with van der Waals surface area (Å²) in [5, 5.41) is 3.09. The summed E-state index contributed by atoms with van der Waals surface area (Å²) < 4.78 is 0.982. The van der Waals surface area contributed by atoms with Gasteiger partial charge in [-0.2, -0.15) is 0 Å². The molecule has 0 heterocycles. The van der Waals surface area contributed by atoms with Crippen LogP contribution in [0.1, 0.15) is 60.8 Å². The largest absolute Gasteiger partial charge is 0.345 e. The fourth-order valence-corrected chi connectivity index (χ4v) is 3.35. The molecule has 0 bridgehead atoms. The zero-order valence-electron chi connectivity index (χ0n) is 14.4. The van der Waals surface area contributed by atoms with E-state index in [1.54, 1.807) is 0 Å². The average Bonchev–Trinajstić information content (AvgIpc) is 2.46. The van der Waals surface area contributed by atoms with Gasteiger partial charge in [-0.25, -0.2) is 0 Å². The Morgan fingerprint density at radius 3 is 2.22 bits per heavy atom. The summed E-state index contributed by atoms with van der Waals surface area (Å²) in [5.74, 6) is -0.0261. The van der Waals surface area contributed by atoms with Gasteiger partial charge < -0.3 is 5.32 Å². The topological polar surface area (TPSA) is 29.1 Å². The quantitative estimate of drug-likeness (QED) is 0.662. The first-order valence-electron chi connectivity index (χ1n) is 7.86. The van der Waals surface area contributed by atoms with Crippen molar-refractivity contribution >= 4 is 28.5 Å². The van der Waals surface area contributed by atoms with E-state index in [0.29, 0.717) is 0 Å². The molecule has 3 heteroatoms. The van der Waals surface area contributed by atoms with Crippen LogP contribution in [0, 0.1) is 10.5 Å². The van der Waals surface area contributed by atoms with Crippen molar-refractivity contribution in [2.75, 3.05) is 0 Å². The second-order valence-corrected chi connectivity index (χ2v) is 8.21. The third-order valence-corrected chi connectivity index (χ3v) is 4.89. The van der Waals surface area contributed by atoms with Gasteiger partial charge in [-0.05, 0) is 65.1 Å². The van der Waals surface area contributed by atoms with Crippen molar-refractivity contribution in [3.05, 3.63) is 68.3 Å². The van der Waals surface area contributed by atoms with Crippen LogP contribution in [0.25, 0.3) is 0 Å². The minimum Gasteiger partial charge on any atom is -0.345 e. The lowest BCUT2D eigenvalue weighted by Crippen LogP contribution is -2.27. The number of rotatable bonds is 3. The van der Waals surface area contributed by atoms with Crippen LogP contribution in [0.3, 0.4) is 0 Å². The molecule has 0 aliphatic rings. The van der Waals surface area contributed by atoms with Crippen LogP contribution in [0.2, 0.25) is 0 Å². The van der Waals surface area contributed by atoms with Crippen molar-refractivity contribution in [1.29, 1.82) is 0 Å². The lowest BCUT2D eigenvalue weighted by atomic mass is 9.86. The Kier molecular flexibility index (Phi) is 5.50. The highest BCUT2D eigenvalue weighted by Gasteiger charge is 2.16. The molecule has 1 N–H and O–H groups in total. The predicted octanol–water partition coefficient (Wildman–Crippen LogP) is 5.39. The van der Waals surface area contributed by atoms with Crippen LogP contribution in [0.4, 0.5) is 0 Å². The Hall–Kier alpha value is -1.36. The summed E-state index contributed by atoms with van der Waals surface area (Å²) in [4.78, 5) is 12.5. The molecule has 0 aliphatic heterocycles. The number of carbonyl (C=O) groups is 1. The molecule has 2 rings (SSSR count). The molecule has 23 heavy (non-hydrogen) atoms. The van der Waals surface area contributed by atoms with Gasteiger partial charge in [0, 0.05) is 3.57 Å². The molecule has 0 saturated heterocycles. The summed E-state index contributed by atoms with van der Waals surface area (Å²) in [6.45, 7) is 10.7. The lowest BCUT2D eigenvalue weighted by Gasteiger charge is -2.21.